The summed E-state index contributed by atoms with van der Waals surface area (Å²) < 4.78 is 8.03. The standard InChI is InChI=1S/C26H20ClN5O5/c1-14-18(8-6-10-19(14)32(35)36)28-25(33)23-22-16-7-4-5-9-20(16)30(2)24(22)26(34)31(29-23)15-11-12-21(37-3)17(27)13-15/h4-13H,1-3H3,(H,28,33). The molecule has 186 valence electrons. The zero-order valence-electron chi connectivity index (χ0n) is 20.0. The Hall–Kier alpha value is -4.70. The summed E-state index contributed by atoms with van der Waals surface area (Å²) in [6.45, 7) is 1.55. The molecule has 0 spiro atoms. The van der Waals surface area contributed by atoms with Gasteiger partial charge < -0.3 is 14.6 Å². The number of anilines is 1. The molecule has 0 radical (unpaired) electrons. The molecule has 0 aliphatic heterocycles. The number of nitro groups is 1. The van der Waals surface area contributed by atoms with E-state index in [1.165, 1.54) is 25.3 Å². The van der Waals surface area contributed by atoms with Crippen LogP contribution in [0.4, 0.5) is 11.4 Å². The predicted molar refractivity (Wildman–Crippen MR) is 141 cm³/mol. The zero-order chi connectivity index (χ0) is 26.4. The molecule has 5 rings (SSSR count). The van der Waals surface area contributed by atoms with E-state index in [0.29, 0.717) is 27.8 Å². The van der Waals surface area contributed by atoms with Gasteiger partial charge in [-0.15, -0.1) is 0 Å². The fraction of sp³-hybridized carbons (Fsp3) is 0.115. The van der Waals surface area contributed by atoms with E-state index in [1.54, 1.807) is 36.7 Å². The maximum absolute atomic E-state index is 13.7. The summed E-state index contributed by atoms with van der Waals surface area (Å²) in [6.07, 6.45) is 0. The molecule has 0 unspecified atom stereocenters. The van der Waals surface area contributed by atoms with Crippen molar-refractivity contribution in [2.24, 2.45) is 7.05 Å². The largest absolute Gasteiger partial charge is 0.495 e. The lowest BCUT2D eigenvalue weighted by atomic mass is 10.1. The molecule has 0 aliphatic carbocycles. The van der Waals surface area contributed by atoms with Gasteiger partial charge in [0.2, 0.25) is 0 Å². The Bertz CT molecular complexity index is 1810. The number of nitrogens with zero attached hydrogens (tertiary/aromatic N) is 4. The lowest BCUT2D eigenvalue weighted by molar-refractivity contribution is -0.385. The van der Waals surface area contributed by atoms with E-state index in [2.05, 4.69) is 10.4 Å². The van der Waals surface area contributed by atoms with Gasteiger partial charge in [-0.25, -0.2) is 0 Å². The van der Waals surface area contributed by atoms with Crippen LogP contribution in [-0.2, 0) is 7.05 Å². The molecule has 1 amide bonds. The smallest absolute Gasteiger partial charge is 0.296 e. The highest BCUT2D eigenvalue weighted by atomic mass is 35.5. The molecule has 37 heavy (non-hydrogen) atoms. The molecule has 0 atom stereocenters. The van der Waals surface area contributed by atoms with Crippen molar-refractivity contribution in [1.29, 1.82) is 0 Å². The van der Waals surface area contributed by atoms with Crippen molar-refractivity contribution in [3.05, 3.63) is 97.4 Å². The topological polar surface area (TPSA) is 121 Å². The van der Waals surface area contributed by atoms with Gasteiger partial charge in [-0.3, -0.25) is 19.7 Å². The number of aromatic nitrogens is 3. The number of carbonyl (C=O) groups excluding carboxylic acids is 1. The van der Waals surface area contributed by atoms with E-state index in [4.69, 9.17) is 16.3 Å². The Kier molecular flexibility index (Phi) is 5.88. The van der Waals surface area contributed by atoms with Crippen LogP contribution in [0.1, 0.15) is 16.1 Å². The second-order valence-corrected chi connectivity index (χ2v) is 8.75. The number of amides is 1. The molecule has 0 saturated heterocycles. The Balaban J connectivity index is 1.78. The van der Waals surface area contributed by atoms with Gasteiger partial charge in [0.15, 0.2) is 5.69 Å². The monoisotopic (exact) mass is 517 g/mol. The quantitative estimate of drug-likeness (QED) is 0.258. The lowest BCUT2D eigenvalue weighted by Crippen LogP contribution is -2.27. The minimum atomic E-state index is -0.627. The van der Waals surface area contributed by atoms with E-state index in [-0.39, 0.29) is 27.6 Å². The number of nitrogens with one attached hydrogen (secondary N) is 1. The predicted octanol–water partition coefficient (Wildman–Crippen LogP) is 5.01. The molecule has 3 aromatic carbocycles. The van der Waals surface area contributed by atoms with E-state index in [9.17, 15) is 19.7 Å². The molecule has 2 aromatic heterocycles. The summed E-state index contributed by atoms with van der Waals surface area (Å²) in [5, 5.41) is 19.9. The molecule has 0 saturated carbocycles. The maximum Gasteiger partial charge on any atom is 0.296 e. The van der Waals surface area contributed by atoms with E-state index < -0.39 is 16.4 Å². The van der Waals surface area contributed by atoms with Gasteiger partial charge in [-0.1, -0.05) is 35.9 Å². The summed E-state index contributed by atoms with van der Waals surface area (Å²) in [5.74, 6) is -0.207. The van der Waals surface area contributed by atoms with Gasteiger partial charge in [-0.05, 0) is 37.3 Å². The third-order valence-corrected chi connectivity index (χ3v) is 6.58. The summed E-state index contributed by atoms with van der Waals surface area (Å²) in [6, 6.07) is 16.4. The first-order valence-electron chi connectivity index (χ1n) is 11.1. The van der Waals surface area contributed by atoms with Crippen LogP contribution in [0, 0.1) is 17.0 Å². The van der Waals surface area contributed by atoms with Crippen molar-refractivity contribution in [3.8, 4) is 11.4 Å². The number of para-hydroxylation sites is 1. The minimum Gasteiger partial charge on any atom is -0.495 e. The Morgan fingerprint density at radius 3 is 2.59 bits per heavy atom. The van der Waals surface area contributed by atoms with Crippen molar-refractivity contribution in [2.45, 2.75) is 6.92 Å². The van der Waals surface area contributed by atoms with Crippen molar-refractivity contribution in [3.63, 3.8) is 0 Å². The number of hydrogen-bond acceptors (Lipinski definition) is 6. The number of ether oxygens (including phenoxy) is 1. The van der Waals surface area contributed by atoms with Crippen LogP contribution in [0.3, 0.4) is 0 Å². The van der Waals surface area contributed by atoms with Crippen molar-refractivity contribution < 1.29 is 14.5 Å². The third-order valence-electron chi connectivity index (χ3n) is 6.28. The summed E-state index contributed by atoms with van der Waals surface area (Å²) in [7, 11) is 3.22. The minimum absolute atomic E-state index is 0.0238. The lowest BCUT2D eigenvalue weighted by Gasteiger charge is -2.13. The number of hydrogen-bond donors (Lipinski definition) is 1. The average Bonchev–Trinajstić information content (AvgIpc) is 3.18. The van der Waals surface area contributed by atoms with Crippen LogP contribution in [0.25, 0.3) is 27.5 Å². The SMILES string of the molecule is COc1ccc(-n2nc(C(=O)Nc3cccc([N+](=O)[O-])c3C)c3c4ccccc4n(C)c3c2=O)cc1Cl. The summed E-state index contributed by atoms with van der Waals surface area (Å²) >= 11 is 6.31. The van der Waals surface area contributed by atoms with Crippen LogP contribution in [0.15, 0.2) is 65.5 Å². The first kappa shape index (κ1) is 24.0. The maximum atomic E-state index is 13.7. The summed E-state index contributed by atoms with van der Waals surface area (Å²) in [5.41, 5.74) is 1.31. The highest BCUT2D eigenvalue weighted by molar-refractivity contribution is 6.32. The van der Waals surface area contributed by atoms with Crippen molar-refractivity contribution in [1.82, 2.24) is 14.3 Å². The first-order chi connectivity index (χ1) is 17.7. The molecule has 10 nitrogen and oxygen atoms in total. The van der Waals surface area contributed by atoms with Gasteiger partial charge in [0.05, 0.1) is 34.0 Å². The van der Waals surface area contributed by atoms with Crippen LogP contribution >= 0.6 is 11.6 Å². The molecule has 11 heteroatoms. The number of methoxy groups -OCH3 is 1. The molecule has 0 bridgehead atoms. The van der Waals surface area contributed by atoms with Gasteiger partial charge in [0, 0.05) is 29.4 Å². The molecule has 5 aromatic rings. The second kappa shape index (κ2) is 9.07. The van der Waals surface area contributed by atoms with Gasteiger partial charge in [0.1, 0.15) is 11.3 Å². The highest BCUT2D eigenvalue weighted by Gasteiger charge is 2.25. The van der Waals surface area contributed by atoms with Crippen LogP contribution in [0.5, 0.6) is 5.75 Å². The van der Waals surface area contributed by atoms with Crippen molar-refractivity contribution >= 4 is 50.7 Å². The fourth-order valence-corrected chi connectivity index (χ4v) is 4.69. The van der Waals surface area contributed by atoms with Gasteiger partial charge >= 0.3 is 0 Å². The van der Waals surface area contributed by atoms with E-state index in [0.717, 1.165) is 10.2 Å². The molecular formula is C26H20ClN5O5. The Labute approximate surface area is 214 Å². The number of carbonyl (C=O) groups is 1. The van der Waals surface area contributed by atoms with Crippen LogP contribution in [-0.4, -0.2) is 32.3 Å². The normalized spacial score (nSPS) is 11.1. The number of fused-ring (bicyclic) bond motifs is 3. The molecule has 0 fully saturated rings. The van der Waals surface area contributed by atoms with Crippen LogP contribution < -0.4 is 15.6 Å². The second-order valence-electron chi connectivity index (χ2n) is 8.35. The average molecular weight is 518 g/mol. The molecular weight excluding hydrogens is 498 g/mol. The molecule has 2 heterocycles. The number of nitro benzene ring substituents is 1. The van der Waals surface area contributed by atoms with E-state index in [1.807, 2.05) is 24.3 Å². The van der Waals surface area contributed by atoms with Gasteiger partial charge in [0.25, 0.3) is 17.2 Å². The first-order valence-corrected chi connectivity index (χ1v) is 11.5. The van der Waals surface area contributed by atoms with E-state index >= 15 is 0 Å². The number of halogens is 1. The number of benzene rings is 3. The zero-order valence-corrected chi connectivity index (χ0v) is 20.7. The Morgan fingerprint density at radius 2 is 1.89 bits per heavy atom. The van der Waals surface area contributed by atoms with Crippen molar-refractivity contribution in [2.75, 3.05) is 12.4 Å². The number of rotatable bonds is 5. The van der Waals surface area contributed by atoms with Crippen LogP contribution in [0.2, 0.25) is 5.02 Å². The Morgan fingerprint density at radius 1 is 1.14 bits per heavy atom. The summed E-state index contributed by atoms with van der Waals surface area (Å²) in [4.78, 5) is 38.2. The van der Waals surface area contributed by atoms with Gasteiger partial charge in [-0.2, -0.15) is 9.78 Å². The highest BCUT2D eigenvalue weighted by Crippen LogP contribution is 2.31. The molecule has 0 aliphatic rings. The molecule has 1 N–H and O–H groups in total. The number of aryl methyl sites for hydroxylation is 1. The fourth-order valence-electron chi connectivity index (χ4n) is 4.44. The third kappa shape index (κ3) is 3.87.